The van der Waals surface area contributed by atoms with E-state index in [-0.39, 0.29) is 6.61 Å². The molecule has 8 heteroatoms. The molecule has 0 aliphatic rings. The van der Waals surface area contributed by atoms with E-state index in [4.69, 9.17) is 4.74 Å². The van der Waals surface area contributed by atoms with Gasteiger partial charge < -0.3 is 10.1 Å². The van der Waals surface area contributed by atoms with Gasteiger partial charge >= 0.3 is 6.03 Å². The third-order valence-electron chi connectivity index (χ3n) is 4.30. The Kier molecular flexibility index (Phi) is 7.82. The number of para-hydroxylation sites is 1. The third-order valence-corrected chi connectivity index (χ3v) is 5.48. The van der Waals surface area contributed by atoms with Crippen LogP contribution in [0.3, 0.4) is 0 Å². The molecule has 0 unspecified atom stereocenters. The van der Waals surface area contributed by atoms with Gasteiger partial charge in [-0.15, -0.1) is 0 Å². The van der Waals surface area contributed by atoms with Crippen molar-refractivity contribution >= 4 is 49.8 Å². The smallest absolute Gasteiger partial charge is 0.339 e. The number of hydrogen-bond acceptors (Lipinski definition) is 4. The maximum atomic E-state index is 12.0. The molecule has 3 aromatic carbocycles. The third kappa shape index (κ3) is 6.17. The predicted octanol–water partition coefficient (Wildman–Crippen LogP) is 6.13. The van der Waals surface area contributed by atoms with Crippen molar-refractivity contribution in [2.24, 2.45) is 5.10 Å². The summed E-state index contributed by atoms with van der Waals surface area (Å²) in [5, 5.41) is 15.9. The van der Waals surface area contributed by atoms with Crippen LogP contribution in [0.2, 0.25) is 0 Å². The first-order chi connectivity index (χ1) is 15.0. The van der Waals surface area contributed by atoms with Gasteiger partial charge in [-0.3, -0.25) is 0 Å². The molecule has 6 nitrogen and oxygen atoms in total. The lowest BCUT2D eigenvalue weighted by Crippen LogP contribution is -2.24. The Morgan fingerprint density at radius 2 is 1.81 bits per heavy atom. The Hall–Kier alpha value is -3.15. The van der Waals surface area contributed by atoms with E-state index in [2.05, 4.69) is 53.8 Å². The molecule has 0 aliphatic carbocycles. The number of halogens is 2. The summed E-state index contributed by atoms with van der Waals surface area (Å²) < 4.78 is 7.32. The standard InChI is InChI=1S/C23H18Br2N4O2/c1-15-6-2-5-9-21(15)28-23(30)29-27-13-16-10-19(24)22(20(25)11-16)31-14-18-8-4-3-7-17(18)12-26/h2-11,13H,14H2,1H3,(H2,28,29,30). The Balaban J connectivity index is 1.62. The molecule has 0 saturated carbocycles. The molecule has 0 atom stereocenters. The molecule has 2 amide bonds. The van der Waals surface area contributed by atoms with Gasteiger partial charge in [0.05, 0.1) is 26.8 Å². The number of nitriles is 1. The predicted molar refractivity (Wildman–Crippen MR) is 128 cm³/mol. The molecule has 0 aliphatic heterocycles. The number of carbonyl (C=O) groups excluding carboxylic acids is 1. The van der Waals surface area contributed by atoms with Crippen LogP contribution in [0, 0.1) is 18.3 Å². The van der Waals surface area contributed by atoms with Gasteiger partial charge in [0.1, 0.15) is 12.4 Å². The number of urea groups is 1. The average Bonchev–Trinajstić information content (AvgIpc) is 2.75. The van der Waals surface area contributed by atoms with Crippen LogP contribution in [0.5, 0.6) is 5.75 Å². The van der Waals surface area contributed by atoms with Crippen LogP contribution in [-0.4, -0.2) is 12.2 Å². The van der Waals surface area contributed by atoms with Crippen LogP contribution >= 0.6 is 31.9 Å². The van der Waals surface area contributed by atoms with Crippen molar-refractivity contribution in [3.8, 4) is 11.8 Å². The molecule has 31 heavy (non-hydrogen) atoms. The number of rotatable bonds is 6. The van der Waals surface area contributed by atoms with Crippen molar-refractivity contribution in [1.82, 2.24) is 5.43 Å². The zero-order valence-electron chi connectivity index (χ0n) is 16.5. The summed E-state index contributed by atoms with van der Waals surface area (Å²) in [7, 11) is 0. The topological polar surface area (TPSA) is 86.5 Å². The minimum atomic E-state index is -0.431. The minimum Gasteiger partial charge on any atom is -0.486 e. The second kappa shape index (κ2) is 10.8. The molecule has 3 aromatic rings. The van der Waals surface area contributed by atoms with E-state index in [0.29, 0.717) is 20.3 Å². The number of amides is 2. The van der Waals surface area contributed by atoms with Gasteiger partial charge in [0.15, 0.2) is 0 Å². The SMILES string of the molecule is Cc1ccccc1NC(=O)NN=Cc1cc(Br)c(OCc2ccccc2C#N)c(Br)c1. The van der Waals surface area contributed by atoms with Crippen LogP contribution in [0.4, 0.5) is 10.5 Å². The summed E-state index contributed by atoms with van der Waals surface area (Å²) in [6, 6.07) is 20.2. The maximum Gasteiger partial charge on any atom is 0.339 e. The van der Waals surface area contributed by atoms with Crippen molar-refractivity contribution in [3.05, 3.63) is 91.9 Å². The number of hydrazone groups is 1. The molecule has 0 heterocycles. The van der Waals surface area contributed by atoms with Gasteiger partial charge in [-0.1, -0.05) is 36.4 Å². The Morgan fingerprint density at radius 1 is 1.13 bits per heavy atom. The van der Waals surface area contributed by atoms with Gasteiger partial charge in [-0.2, -0.15) is 10.4 Å². The number of benzene rings is 3. The molecular formula is C23H18Br2N4O2. The molecule has 0 fully saturated rings. The average molecular weight is 542 g/mol. The molecule has 0 spiro atoms. The van der Waals surface area contributed by atoms with E-state index in [1.165, 1.54) is 6.21 Å². The Morgan fingerprint density at radius 3 is 2.52 bits per heavy atom. The quantitative estimate of drug-likeness (QED) is 0.291. The fourth-order valence-electron chi connectivity index (χ4n) is 2.73. The van der Waals surface area contributed by atoms with Gasteiger partial charge in [-0.25, -0.2) is 10.2 Å². The first-order valence-corrected chi connectivity index (χ1v) is 10.8. The zero-order valence-corrected chi connectivity index (χ0v) is 19.7. The van der Waals surface area contributed by atoms with E-state index in [1.807, 2.05) is 61.5 Å². The van der Waals surface area contributed by atoms with E-state index in [1.54, 1.807) is 6.07 Å². The molecule has 156 valence electrons. The molecule has 0 radical (unpaired) electrons. The minimum absolute atomic E-state index is 0.259. The fourth-order valence-corrected chi connectivity index (χ4v) is 4.18. The number of hydrogen-bond donors (Lipinski definition) is 2. The van der Waals surface area contributed by atoms with Crippen LogP contribution in [0.1, 0.15) is 22.3 Å². The van der Waals surface area contributed by atoms with Gasteiger partial charge in [0.2, 0.25) is 0 Å². The Bertz CT molecular complexity index is 1150. The summed E-state index contributed by atoms with van der Waals surface area (Å²) >= 11 is 7.00. The number of aryl methyl sites for hydroxylation is 1. The van der Waals surface area contributed by atoms with E-state index in [0.717, 1.165) is 22.4 Å². The van der Waals surface area contributed by atoms with Crippen molar-refractivity contribution < 1.29 is 9.53 Å². The highest BCUT2D eigenvalue weighted by Gasteiger charge is 2.10. The summed E-state index contributed by atoms with van der Waals surface area (Å²) in [6.45, 7) is 2.17. The molecule has 0 bridgehead atoms. The lowest BCUT2D eigenvalue weighted by Gasteiger charge is -2.12. The van der Waals surface area contributed by atoms with Crippen molar-refractivity contribution in [2.45, 2.75) is 13.5 Å². The number of nitrogens with zero attached hydrogens (tertiary/aromatic N) is 2. The largest absolute Gasteiger partial charge is 0.486 e. The van der Waals surface area contributed by atoms with Gasteiger partial charge in [0.25, 0.3) is 0 Å². The van der Waals surface area contributed by atoms with Crippen molar-refractivity contribution in [1.29, 1.82) is 5.26 Å². The lowest BCUT2D eigenvalue weighted by atomic mass is 10.1. The summed E-state index contributed by atoms with van der Waals surface area (Å²) in [4.78, 5) is 12.0. The fraction of sp³-hybridized carbons (Fsp3) is 0.0870. The first-order valence-electron chi connectivity index (χ1n) is 9.23. The summed E-state index contributed by atoms with van der Waals surface area (Å²) in [5.74, 6) is 0.607. The van der Waals surface area contributed by atoms with E-state index >= 15 is 0 Å². The van der Waals surface area contributed by atoms with Crippen LogP contribution in [0.25, 0.3) is 0 Å². The van der Waals surface area contributed by atoms with Crippen LogP contribution in [-0.2, 0) is 6.61 Å². The first kappa shape index (κ1) is 22.5. The maximum absolute atomic E-state index is 12.0. The van der Waals surface area contributed by atoms with Crippen LogP contribution in [0.15, 0.2) is 74.7 Å². The molecular weight excluding hydrogens is 524 g/mol. The summed E-state index contributed by atoms with van der Waals surface area (Å²) in [6.07, 6.45) is 1.53. The summed E-state index contributed by atoms with van der Waals surface area (Å²) in [5.41, 5.74) is 6.26. The zero-order chi connectivity index (χ0) is 22.2. The highest BCUT2D eigenvalue weighted by molar-refractivity contribution is 9.11. The molecule has 0 aromatic heterocycles. The van der Waals surface area contributed by atoms with Crippen LogP contribution < -0.4 is 15.5 Å². The molecule has 2 N–H and O–H groups in total. The molecule has 0 saturated heterocycles. The normalized spacial score (nSPS) is 10.5. The second-order valence-electron chi connectivity index (χ2n) is 6.51. The number of carbonyl (C=O) groups is 1. The Labute approximate surface area is 197 Å². The highest BCUT2D eigenvalue weighted by atomic mass is 79.9. The molecule has 3 rings (SSSR count). The van der Waals surface area contributed by atoms with Crippen molar-refractivity contribution in [2.75, 3.05) is 5.32 Å². The number of ether oxygens (including phenoxy) is 1. The second-order valence-corrected chi connectivity index (χ2v) is 8.22. The number of nitrogens with one attached hydrogen (secondary N) is 2. The van der Waals surface area contributed by atoms with Gasteiger partial charge in [-0.05, 0) is 74.2 Å². The lowest BCUT2D eigenvalue weighted by molar-refractivity contribution is 0.252. The van der Waals surface area contributed by atoms with Gasteiger partial charge in [0, 0.05) is 11.3 Å². The number of anilines is 1. The monoisotopic (exact) mass is 540 g/mol. The van der Waals surface area contributed by atoms with Crippen molar-refractivity contribution in [3.63, 3.8) is 0 Å². The van der Waals surface area contributed by atoms with E-state index < -0.39 is 6.03 Å². The highest BCUT2D eigenvalue weighted by Crippen LogP contribution is 2.35. The van der Waals surface area contributed by atoms with E-state index in [9.17, 15) is 10.1 Å².